The Morgan fingerprint density at radius 3 is 2.41 bits per heavy atom. The first-order chi connectivity index (χ1) is 13.9. The first-order valence-corrected chi connectivity index (χ1v) is 11.3. The molecule has 6 nitrogen and oxygen atoms in total. The molecule has 1 atom stereocenters. The molecule has 1 aliphatic heterocycles. The molecule has 2 aromatic carbocycles. The Labute approximate surface area is 173 Å². The van der Waals surface area contributed by atoms with Crippen LogP contribution in [0.3, 0.4) is 0 Å². The number of rotatable bonds is 6. The number of sulfonamides is 1. The summed E-state index contributed by atoms with van der Waals surface area (Å²) in [5, 5.41) is 0. The quantitative estimate of drug-likeness (QED) is 0.726. The topological polar surface area (TPSA) is 66.9 Å². The molecule has 7 heteroatoms. The lowest BCUT2D eigenvalue weighted by Gasteiger charge is -2.28. The van der Waals surface area contributed by atoms with Gasteiger partial charge in [-0.1, -0.05) is 43.3 Å². The average Bonchev–Trinajstić information content (AvgIpc) is 2.78. The highest BCUT2D eigenvalue weighted by Crippen LogP contribution is 2.26. The first kappa shape index (κ1) is 21.5. The van der Waals surface area contributed by atoms with Crippen molar-refractivity contribution in [1.29, 1.82) is 0 Å². The van der Waals surface area contributed by atoms with E-state index in [1.807, 2.05) is 44.2 Å². The normalized spacial score (nSPS) is 16.4. The summed E-state index contributed by atoms with van der Waals surface area (Å²) < 4.78 is 33.1. The molecule has 0 aliphatic carbocycles. The molecule has 2 aromatic rings. The summed E-state index contributed by atoms with van der Waals surface area (Å²) in [6.07, 6.45) is 0.573. The van der Waals surface area contributed by atoms with Crippen LogP contribution in [0.1, 0.15) is 41.4 Å². The van der Waals surface area contributed by atoms with Gasteiger partial charge in [0.1, 0.15) is 0 Å². The van der Waals surface area contributed by atoms with E-state index < -0.39 is 10.0 Å². The Balaban J connectivity index is 1.92. The van der Waals surface area contributed by atoms with Crippen LogP contribution in [0.4, 0.5) is 0 Å². The predicted octanol–water partition coefficient (Wildman–Crippen LogP) is 3.10. The lowest BCUT2D eigenvalue weighted by atomic mass is 10.1. The third-order valence-corrected chi connectivity index (χ3v) is 7.45. The largest absolute Gasteiger partial charge is 0.379 e. The Bertz CT molecular complexity index is 954. The van der Waals surface area contributed by atoms with Crippen LogP contribution >= 0.6 is 0 Å². The lowest BCUT2D eigenvalue weighted by molar-refractivity contribution is 0.0728. The van der Waals surface area contributed by atoms with Crippen LogP contribution in [0.5, 0.6) is 0 Å². The van der Waals surface area contributed by atoms with Crippen molar-refractivity contribution in [2.45, 2.75) is 31.2 Å². The van der Waals surface area contributed by atoms with E-state index in [1.165, 1.54) is 10.4 Å². The Morgan fingerprint density at radius 2 is 1.79 bits per heavy atom. The summed E-state index contributed by atoms with van der Waals surface area (Å²) in [6.45, 7) is 5.30. The van der Waals surface area contributed by atoms with Crippen molar-refractivity contribution in [2.24, 2.45) is 0 Å². The number of benzene rings is 2. The van der Waals surface area contributed by atoms with E-state index in [0.29, 0.717) is 43.9 Å². The minimum Gasteiger partial charge on any atom is -0.379 e. The molecule has 0 aromatic heterocycles. The van der Waals surface area contributed by atoms with Crippen LogP contribution in [-0.4, -0.2) is 56.9 Å². The van der Waals surface area contributed by atoms with Crippen molar-refractivity contribution in [3.8, 4) is 0 Å². The number of amides is 1. The number of hydrogen-bond acceptors (Lipinski definition) is 4. The van der Waals surface area contributed by atoms with Crippen molar-refractivity contribution in [1.82, 2.24) is 9.21 Å². The summed E-state index contributed by atoms with van der Waals surface area (Å²) in [5.74, 6) is -0.206. The standard InChI is InChI=1S/C22H28N2O4S/c1-4-18-10-11-20(16-21(18)29(26,27)24-12-14-28-15-13-24)22(25)23(3)17(2)19-8-6-5-7-9-19/h5-11,16-17H,4,12-15H2,1-3H3. The Morgan fingerprint density at radius 1 is 1.14 bits per heavy atom. The second kappa shape index (κ2) is 9.07. The van der Waals surface area contributed by atoms with Gasteiger partial charge < -0.3 is 9.64 Å². The molecule has 29 heavy (non-hydrogen) atoms. The van der Waals surface area contributed by atoms with Crippen LogP contribution in [0.25, 0.3) is 0 Å². The van der Waals surface area contributed by atoms with Crippen LogP contribution in [0.2, 0.25) is 0 Å². The average molecular weight is 417 g/mol. The van der Waals surface area contributed by atoms with Gasteiger partial charge in [0.15, 0.2) is 0 Å². The maximum absolute atomic E-state index is 13.2. The lowest BCUT2D eigenvalue weighted by Crippen LogP contribution is -2.41. The molecule has 1 heterocycles. The summed E-state index contributed by atoms with van der Waals surface area (Å²) in [6, 6.07) is 14.6. The molecule has 1 fully saturated rings. The SMILES string of the molecule is CCc1ccc(C(=O)N(C)C(C)c2ccccc2)cc1S(=O)(=O)N1CCOCC1. The summed E-state index contributed by atoms with van der Waals surface area (Å²) >= 11 is 0. The highest BCUT2D eigenvalue weighted by atomic mass is 32.2. The predicted molar refractivity (Wildman–Crippen MR) is 112 cm³/mol. The monoisotopic (exact) mass is 416 g/mol. The number of hydrogen-bond donors (Lipinski definition) is 0. The zero-order chi connectivity index (χ0) is 21.0. The number of carbonyl (C=O) groups excluding carboxylic acids is 1. The van der Waals surface area contributed by atoms with Crippen molar-refractivity contribution in [3.05, 3.63) is 65.2 Å². The smallest absolute Gasteiger partial charge is 0.254 e. The highest BCUT2D eigenvalue weighted by molar-refractivity contribution is 7.89. The molecular formula is C22H28N2O4S. The molecule has 1 saturated heterocycles. The van der Waals surface area contributed by atoms with Crippen LogP contribution in [-0.2, 0) is 21.2 Å². The molecule has 0 saturated carbocycles. The number of aryl methyl sites for hydroxylation is 1. The van der Waals surface area contributed by atoms with Crippen LogP contribution in [0.15, 0.2) is 53.4 Å². The maximum atomic E-state index is 13.2. The van der Waals surface area contributed by atoms with Gasteiger partial charge in [0.05, 0.1) is 24.2 Å². The number of ether oxygens (including phenoxy) is 1. The van der Waals surface area contributed by atoms with Gasteiger partial charge in [0.2, 0.25) is 10.0 Å². The van der Waals surface area contributed by atoms with Crippen molar-refractivity contribution >= 4 is 15.9 Å². The van der Waals surface area contributed by atoms with E-state index in [9.17, 15) is 13.2 Å². The fraction of sp³-hybridized carbons (Fsp3) is 0.409. The molecule has 1 aliphatic rings. The van der Waals surface area contributed by atoms with E-state index in [-0.39, 0.29) is 16.8 Å². The second-order valence-electron chi connectivity index (χ2n) is 7.20. The van der Waals surface area contributed by atoms with E-state index in [0.717, 1.165) is 5.56 Å². The highest BCUT2D eigenvalue weighted by Gasteiger charge is 2.29. The van der Waals surface area contributed by atoms with Crippen molar-refractivity contribution in [3.63, 3.8) is 0 Å². The third-order valence-electron chi connectivity index (χ3n) is 5.47. The minimum absolute atomic E-state index is 0.131. The Kier molecular flexibility index (Phi) is 6.72. The minimum atomic E-state index is -3.68. The summed E-state index contributed by atoms with van der Waals surface area (Å²) in [5.41, 5.74) is 2.11. The van der Waals surface area contributed by atoms with Gasteiger partial charge in [0, 0.05) is 25.7 Å². The summed E-state index contributed by atoms with van der Waals surface area (Å²) in [4.78, 5) is 15.0. The Hall–Kier alpha value is -2.22. The van der Waals surface area contributed by atoms with Gasteiger partial charge in [-0.05, 0) is 36.6 Å². The summed E-state index contributed by atoms with van der Waals surface area (Å²) in [7, 11) is -1.94. The second-order valence-corrected chi connectivity index (χ2v) is 9.10. The van der Waals surface area contributed by atoms with E-state index in [2.05, 4.69) is 0 Å². The number of carbonyl (C=O) groups is 1. The van der Waals surface area contributed by atoms with Gasteiger partial charge in [0.25, 0.3) is 5.91 Å². The van der Waals surface area contributed by atoms with Gasteiger partial charge in [-0.25, -0.2) is 8.42 Å². The van der Waals surface area contributed by atoms with E-state index in [1.54, 1.807) is 24.1 Å². The van der Waals surface area contributed by atoms with Crippen LogP contribution < -0.4 is 0 Å². The molecule has 0 N–H and O–H groups in total. The van der Waals surface area contributed by atoms with Gasteiger partial charge in [-0.3, -0.25) is 4.79 Å². The van der Waals surface area contributed by atoms with Crippen molar-refractivity contribution < 1.29 is 17.9 Å². The molecule has 1 unspecified atom stereocenters. The third kappa shape index (κ3) is 4.52. The molecule has 0 bridgehead atoms. The number of nitrogens with zero attached hydrogens (tertiary/aromatic N) is 2. The molecule has 3 rings (SSSR count). The molecule has 0 spiro atoms. The zero-order valence-electron chi connectivity index (χ0n) is 17.2. The molecular weight excluding hydrogens is 388 g/mol. The van der Waals surface area contributed by atoms with Crippen LogP contribution in [0, 0.1) is 0 Å². The molecule has 156 valence electrons. The molecule has 0 radical (unpaired) electrons. The fourth-order valence-electron chi connectivity index (χ4n) is 3.48. The number of morpholine rings is 1. The fourth-order valence-corrected chi connectivity index (χ4v) is 5.21. The van der Waals surface area contributed by atoms with Gasteiger partial charge >= 0.3 is 0 Å². The maximum Gasteiger partial charge on any atom is 0.254 e. The molecule has 1 amide bonds. The van der Waals surface area contributed by atoms with Gasteiger partial charge in [-0.2, -0.15) is 4.31 Å². The van der Waals surface area contributed by atoms with E-state index in [4.69, 9.17) is 4.74 Å². The van der Waals surface area contributed by atoms with Crippen molar-refractivity contribution in [2.75, 3.05) is 33.4 Å². The first-order valence-electron chi connectivity index (χ1n) is 9.89. The zero-order valence-corrected chi connectivity index (χ0v) is 18.0. The van der Waals surface area contributed by atoms with E-state index >= 15 is 0 Å². The van der Waals surface area contributed by atoms with Gasteiger partial charge in [-0.15, -0.1) is 0 Å².